The molecule has 0 bridgehead atoms. The maximum absolute atomic E-state index is 13.2. The summed E-state index contributed by atoms with van der Waals surface area (Å²) >= 11 is 6.16. The van der Waals surface area contributed by atoms with Gasteiger partial charge in [-0.3, -0.25) is 9.59 Å². The molecule has 1 saturated carbocycles. The summed E-state index contributed by atoms with van der Waals surface area (Å²) in [6.45, 7) is 4.59. The van der Waals surface area contributed by atoms with E-state index >= 15 is 0 Å². The lowest BCUT2D eigenvalue weighted by atomic mass is 9.94. The number of hydrogen-bond acceptors (Lipinski definition) is 5. The van der Waals surface area contributed by atoms with E-state index < -0.39 is 17.7 Å². The largest absolute Gasteiger partial charge is 0.507 e. The highest BCUT2D eigenvalue weighted by molar-refractivity contribution is 6.46. The van der Waals surface area contributed by atoms with Crippen LogP contribution in [0.25, 0.3) is 5.76 Å². The molecule has 1 aliphatic carbocycles. The van der Waals surface area contributed by atoms with Crippen molar-refractivity contribution in [1.29, 1.82) is 0 Å². The van der Waals surface area contributed by atoms with Gasteiger partial charge in [0.05, 0.1) is 23.2 Å². The van der Waals surface area contributed by atoms with E-state index in [0.29, 0.717) is 29.4 Å². The van der Waals surface area contributed by atoms with E-state index in [0.717, 1.165) is 25.7 Å². The molecule has 0 radical (unpaired) electrons. The van der Waals surface area contributed by atoms with Crippen molar-refractivity contribution in [3.8, 4) is 11.5 Å². The van der Waals surface area contributed by atoms with Crippen LogP contribution in [0.4, 0.5) is 0 Å². The van der Waals surface area contributed by atoms with Crippen LogP contribution < -0.4 is 4.74 Å². The number of aromatic hydroxyl groups is 1. The van der Waals surface area contributed by atoms with Crippen LogP contribution in [-0.2, 0) is 9.59 Å². The van der Waals surface area contributed by atoms with Crippen LogP contribution in [0.1, 0.15) is 56.7 Å². The minimum absolute atomic E-state index is 0.0228. The zero-order valence-corrected chi connectivity index (χ0v) is 19.5. The number of carbonyl (C=O) groups excluding carboxylic acids is 2. The molecule has 4 rings (SSSR count). The van der Waals surface area contributed by atoms with E-state index in [4.69, 9.17) is 16.3 Å². The van der Waals surface area contributed by atoms with Gasteiger partial charge in [-0.1, -0.05) is 56.5 Å². The number of ketones is 1. The third-order valence-electron chi connectivity index (χ3n) is 6.18. The Morgan fingerprint density at radius 2 is 1.88 bits per heavy atom. The highest BCUT2D eigenvalue weighted by Gasteiger charge is 2.49. The summed E-state index contributed by atoms with van der Waals surface area (Å²) in [6.07, 6.45) is 3.56. The molecule has 1 unspecified atom stereocenters. The number of Topliss-reactive ketones (excluding diaryl/α,β-unsaturated/α-hetero) is 1. The molecule has 1 heterocycles. The van der Waals surface area contributed by atoms with Crippen LogP contribution in [-0.4, -0.2) is 39.5 Å². The Bertz CT molecular complexity index is 1100. The number of amides is 1. The van der Waals surface area contributed by atoms with Gasteiger partial charge in [-0.15, -0.1) is 0 Å². The molecule has 6 nitrogen and oxygen atoms in total. The number of aliphatic hydroxyl groups excluding tert-OH is 1. The molecule has 1 amide bonds. The van der Waals surface area contributed by atoms with Gasteiger partial charge in [0.1, 0.15) is 17.3 Å². The number of phenols is 1. The van der Waals surface area contributed by atoms with Crippen molar-refractivity contribution in [2.45, 2.75) is 51.6 Å². The second kappa shape index (κ2) is 9.48. The molecule has 1 aliphatic heterocycles. The first-order valence-corrected chi connectivity index (χ1v) is 11.7. The van der Waals surface area contributed by atoms with E-state index in [1.165, 1.54) is 6.07 Å². The average molecular weight is 470 g/mol. The van der Waals surface area contributed by atoms with Gasteiger partial charge < -0.3 is 19.8 Å². The van der Waals surface area contributed by atoms with Crippen molar-refractivity contribution in [2.24, 2.45) is 5.92 Å². The predicted octanol–water partition coefficient (Wildman–Crippen LogP) is 5.44. The Morgan fingerprint density at radius 1 is 1.15 bits per heavy atom. The summed E-state index contributed by atoms with van der Waals surface area (Å²) in [7, 11) is 0. The fourth-order valence-electron chi connectivity index (χ4n) is 4.58. The number of carbonyl (C=O) groups is 2. The van der Waals surface area contributed by atoms with E-state index in [-0.39, 0.29) is 28.1 Å². The number of phenolic OH excluding ortho intramolecular Hbond substituents is 1. The Morgan fingerprint density at radius 3 is 2.55 bits per heavy atom. The third kappa shape index (κ3) is 4.58. The molecule has 2 fully saturated rings. The van der Waals surface area contributed by atoms with Crippen molar-refractivity contribution in [2.75, 3.05) is 6.61 Å². The first kappa shape index (κ1) is 23.2. The molecule has 2 N–H and O–H groups in total. The lowest BCUT2D eigenvalue weighted by Crippen LogP contribution is -2.37. The van der Waals surface area contributed by atoms with Gasteiger partial charge in [0.2, 0.25) is 0 Å². The van der Waals surface area contributed by atoms with E-state index in [1.807, 2.05) is 13.8 Å². The van der Waals surface area contributed by atoms with Gasteiger partial charge in [0, 0.05) is 11.6 Å². The lowest BCUT2D eigenvalue weighted by molar-refractivity contribution is -0.141. The van der Waals surface area contributed by atoms with Crippen LogP contribution in [0.5, 0.6) is 11.5 Å². The second-order valence-electron chi connectivity index (χ2n) is 9.09. The van der Waals surface area contributed by atoms with Crippen LogP contribution in [0.15, 0.2) is 48.0 Å². The number of halogens is 1. The molecule has 33 heavy (non-hydrogen) atoms. The van der Waals surface area contributed by atoms with Gasteiger partial charge in [0.25, 0.3) is 11.7 Å². The van der Waals surface area contributed by atoms with Crippen LogP contribution in [0.3, 0.4) is 0 Å². The molecule has 0 aromatic heterocycles. The zero-order chi connectivity index (χ0) is 23.7. The molecule has 2 aliphatic rings. The third-order valence-corrected chi connectivity index (χ3v) is 6.48. The van der Waals surface area contributed by atoms with E-state index in [2.05, 4.69) is 0 Å². The Hall–Kier alpha value is -2.99. The van der Waals surface area contributed by atoms with Crippen LogP contribution in [0.2, 0.25) is 5.02 Å². The summed E-state index contributed by atoms with van der Waals surface area (Å²) in [4.78, 5) is 27.9. The van der Waals surface area contributed by atoms with Gasteiger partial charge in [-0.25, -0.2) is 0 Å². The number of ether oxygens (including phenoxy) is 1. The number of likely N-dealkylation sites (tertiary alicyclic amines) is 1. The highest BCUT2D eigenvalue weighted by Crippen LogP contribution is 2.44. The number of hydrogen-bond donors (Lipinski definition) is 2. The standard InChI is InChI=1S/C26H28ClNO5/c1-15(2)14-33-19-9-5-6-17(12-19)24(30)22-23(16-10-11-21(29)20(27)13-16)28(26(32)25(22)31)18-7-3-4-8-18/h5-6,9-13,15,18,23,29-30H,3-4,7-8,14H2,1-2H3/b24-22-. The summed E-state index contributed by atoms with van der Waals surface area (Å²) < 4.78 is 5.77. The molecule has 2 aromatic carbocycles. The van der Waals surface area contributed by atoms with Crippen LogP contribution >= 0.6 is 11.6 Å². The molecule has 1 saturated heterocycles. The minimum Gasteiger partial charge on any atom is -0.507 e. The smallest absolute Gasteiger partial charge is 0.295 e. The second-order valence-corrected chi connectivity index (χ2v) is 9.50. The Labute approximate surface area is 198 Å². The monoisotopic (exact) mass is 469 g/mol. The molecule has 0 spiro atoms. The molecule has 174 valence electrons. The maximum atomic E-state index is 13.2. The van der Waals surface area contributed by atoms with Crippen LogP contribution in [0, 0.1) is 5.92 Å². The highest BCUT2D eigenvalue weighted by atomic mass is 35.5. The molecule has 1 atom stereocenters. The van der Waals surface area contributed by atoms with Gasteiger partial charge >= 0.3 is 0 Å². The summed E-state index contributed by atoms with van der Waals surface area (Å²) in [5, 5.41) is 21.3. The van der Waals surface area contributed by atoms with Gasteiger partial charge in [0.15, 0.2) is 0 Å². The number of benzene rings is 2. The number of aliphatic hydroxyl groups is 1. The Kier molecular flexibility index (Phi) is 6.66. The van der Waals surface area contributed by atoms with Crippen molar-refractivity contribution in [1.82, 2.24) is 4.90 Å². The Balaban J connectivity index is 1.82. The summed E-state index contributed by atoms with van der Waals surface area (Å²) in [5.74, 6) is -0.779. The number of nitrogens with zero attached hydrogens (tertiary/aromatic N) is 1. The van der Waals surface area contributed by atoms with Crippen molar-refractivity contribution in [3.05, 3.63) is 64.2 Å². The first-order chi connectivity index (χ1) is 15.8. The maximum Gasteiger partial charge on any atom is 0.295 e. The minimum atomic E-state index is -0.786. The van der Waals surface area contributed by atoms with Crippen molar-refractivity contribution in [3.63, 3.8) is 0 Å². The van der Waals surface area contributed by atoms with E-state index in [1.54, 1.807) is 41.3 Å². The molecular formula is C26H28ClNO5. The van der Waals surface area contributed by atoms with E-state index in [9.17, 15) is 19.8 Å². The molecule has 7 heteroatoms. The summed E-state index contributed by atoms with van der Waals surface area (Å²) in [6, 6.07) is 10.6. The van der Waals surface area contributed by atoms with Gasteiger partial charge in [-0.05, 0) is 48.6 Å². The molecular weight excluding hydrogens is 442 g/mol. The number of rotatable bonds is 6. The molecule has 2 aromatic rings. The predicted molar refractivity (Wildman–Crippen MR) is 126 cm³/mol. The first-order valence-electron chi connectivity index (χ1n) is 11.3. The zero-order valence-electron chi connectivity index (χ0n) is 18.8. The lowest BCUT2D eigenvalue weighted by Gasteiger charge is -2.31. The quantitative estimate of drug-likeness (QED) is 0.334. The summed E-state index contributed by atoms with van der Waals surface area (Å²) in [5.41, 5.74) is 0.989. The fourth-order valence-corrected chi connectivity index (χ4v) is 4.77. The van der Waals surface area contributed by atoms with Crippen molar-refractivity contribution >= 4 is 29.1 Å². The van der Waals surface area contributed by atoms with Gasteiger partial charge in [-0.2, -0.15) is 0 Å². The van der Waals surface area contributed by atoms with Crippen molar-refractivity contribution < 1.29 is 24.5 Å². The SMILES string of the molecule is CC(C)COc1cccc(/C(O)=C2/C(=O)C(=O)N(C3CCCC3)C2c2ccc(O)c(Cl)c2)c1. The normalized spacial score (nSPS) is 20.7. The topological polar surface area (TPSA) is 87.1 Å². The fraction of sp³-hybridized carbons (Fsp3) is 0.385. The average Bonchev–Trinajstić information content (AvgIpc) is 3.41.